The molecule has 1 aliphatic rings. The fourth-order valence-electron chi connectivity index (χ4n) is 4.08. The normalized spacial score (nSPS) is 12.9. The average Bonchev–Trinajstić information content (AvgIpc) is 2.96. The second-order valence-electron chi connectivity index (χ2n) is 8.81. The zero-order valence-electron chi connectivity index (χ0n) is 22.5. The molecule has 40 heavy (non-hydrogen) atoms. The van der Waals surface area contributed by atoms with Crippen molar-refractivity contribution < 1.29 is 19.1 Å². The predicted octanol–water partition coefficient (Wildman–Crippen LogP) is 4.58. The lowest BCUT2D eigenvalue weighted by atomic mass is 10.2. The van der Waals surface area contributed by atoms with Crippen LogP contribution < -0.4 is 40.5 Å². The largest absolute Gasteiger partial charge is 0.495 e. The second-order valence-corrected chi connectivity index (χ2v) is 9.56. The molecule has 1 saturated heterocycles. The molecule has 0 bridgehead atoms. The minimum absolute atomic E-state index is 0.120. The van der Waals surface area contributed by atoms with Crippen LogP contribution in [0.4, 0.5) is 39.2 Å². The molecule has 3 amide bonds. The monoisotopic (exact) mass is 588 g/mol. The summed E-state index contributed by atoms with van der Waals surface area (Å²) in [5, 5.41) is 12.3. The highest BCUT2D eigenvalue weighted by Gasteiger charge is 2.22. The highest BCUT2D eigenvalue weighted by Crippen LogP contribution is 2.44. The molecule has 0 unspecified atom stereocenters. The number of amides is 3. The van der Waals surface area contributed by atoms with Gasteiger partial charge in [0.05, 0.1) is 31.3 Å². The van der Waals surface area contributed by atoms with Gasteiger partial charge in [-0.05, 0) is 18.2 Å². The Kier molecular flexibility index (Phi) is 9.35. The molecule has 0 radical (unpaired) electrons. The van der Waals surface area contributed by atoms with Crippen LogP contribution in [0.5, 0.6) is 11.5 Å². The predicted molar refractivity (Wildman–Crippen MR) is 158 cm³/mol. The number of aromatic nitrogens is 2. The highest BCUT2D eigenvalue weighted by atomic mass is 35.5. The summed E-state index contributed by atoms with van der Waals surface area (Å²) >= 11 is 12.8. The molecule has 3 aromatic rings. The van der Waals surface area contributed by atoms with Gasteiger partial charge in [-0.1, -0.05) is 23.2 Å². The Morgan fingerprint density at radius 3 is 2.27 bits per heavy atom. The maximum absolute atomic E-state index is 13.1. The van der Waals surface area contributed by atoms with E-state index in [1.807, 2.05) is 18.2 Å². The van der Waals surface area contributed by atoms with Gasteiger partial charge in [-0.3, -0.25) is 9.69 Å². The number of nitrogens with one attached hydrogen (secondary N) is 4. The van der Waals surface area contributed by atoms with Gasteiger partial charge < -0.3 is 35.6 Å². The summed E-state index contributed by atoms with van der Waals surface area (Å²) in [5.41, 5.74) is 2.37. The SMILES string of the molecule is COc1cc(OC)c(Cl)c(NC(=O)N(C)c2cc(Nc3ccc(N4CCNCC4)cc3NC(C)=O)ncn2)c1Cl. The first-order valence-corrected chi connectivity index (χ1v) is 13.1. The molecule has 1 aliphatic heterocycles. The number of hydrogen-bond donors (Lipinski definition) is 4. The molecule has 1 fully saturated rings. The molecule has 0 aliphatic carbocycles. The maximum Gasteiger partial charge on any atom is 0.327 e. The van der Waals surface area contributed by atoms with Gasteiger partial charge in [-0.15, -0.1) is 0 Å². The molecule has 0 atom stereocenters. The van der Waals surface area contributed by atoms with Crippen LogP contribution in [0, 0.1) is 0 Å². The van der Waals surface area contributed by atoms with E-state index in [1.165, 1.54) is 45.5 Å². The summed E-state index contributed by atoms with van der Waals surface area (Å²) in [4.78, 5) is 37.1. The van der Waals surface area contributed by atoms with Crippen LogP contribution in [-0.4, -0.2) is 69.4 Å². The molecule has 212 valence electrons. The molecule has 12 nitrogen and oxygen atoms in total. The van der Waals surface area contributed by atoms with Crippen LogP contribution in [0.1, 0.15) is 6.92 Å². The molecule has 4 rings (SSSR count). The van der Waals surface area contributed by atoms with Gasteiger partial charge in [0.2, 0.25) is 5.91 Å². The van der Waals surface area contributed by atoms with E-state index >= 15 is 0 Å². The first-order valence-electron chi connectivity index (χ1n) is 12.3. The van der Waals surface area contributed by atoms with Crippen LogP contribution in [0.15, 0.2) is 36.7 Å². The van der Waals surface area contributed by atoms with E-state index in [1.54, 1.807) is 6.07 Å². The lowest BCUT2D eigenvalue weighted by molar-refractivity contribution is -0.114. The van der Waals surface area contributed by atoms with Crippen LogP contribution in [0.2, 0.25) is 10.0 Å². The molecular formula is C26H30Cl2N8O4. The topological polar surface area (TPSA) is 133 Å². The number of carbonyl (C=O) groups excluding carboxylic acids is 2. The van der Waals surface area contributed by atoms with Crippen LogP contribution >= 0.6 is 23.2 Å². The second kappa shape index (κ2) is 12.9. The van der Waals surface area contributed by atoms with Crippen molar-refractivity contribution in [3.8, 4) is 11.5 Å². The van der Waals surface area contributed by atoms with E-state index in [2.05, 4.69) is 36.1 Å². The summed E-state index contributed by atoms with van der Waals surface area (Å²) < 4.78 is 10.5. The van der Waals surface area contributed by atoms with Crippen molar-refractivity contribution in [2.24, 2.45) is 0 Å². The van der Waals surface area contributed by atoms with Crippen molar-refractivity contribution in [1.29, 1.82) is 0 Å². The van der Waals surface area contributed by atoms with Crippen LogP contribution in [-0.2, 0) is 4.79 Å². The Hall–Kier alpha value is -4.00. The van der Waals surface area contributed by atoms with Gasteiger partial charge in [-0.25, -0.2) is 14.8 Å². The summed E-state index contributed by atoms with van der Waals surface area (Å²) in [7, 11) is 4.42. The first kappa shape index (κ1) is 29.0. The third-order valence-electron chi connectivity index (χ3n) is 6.17. The summed E-state index contributed by atoms with van der Waals surface area (Å²) in [5.74, 6) is 1.06. The Labute approximate surface area is 242 Å². The van der Waals surface area contributed by atoms with E-state index in [0.29, 0.717) is 17.2 Å². The van der Waals surface area contributed by atoms with Gasteiger partial charge >= 0.3 is 6.03 Å². The summed E-state index contributed by atoms with van der Waals surface area (Å²) in [6.07, 6.45) is 1.32. The maximum atomic E-state index is 13.1. The molecule has 14 heteroatoms. The number of rotatable bonds is 8. The Bertz CT molecular complexity index is 1370. The smallest absolute Gasteiger partial charge is 0.327 e. The summed E-state index contributed by atoms with van der Waals surface area (Å²) in [6, 6.07) is 8.33. The van der Waals surface area contributed by atoms with E-state index < -0.39 is 6.03 Å². The fraction of sp³-hybridized carbons (Fsp3) is 0.308. The summed E-state index contributed by atoms with van der Waals surface area (Å²) in [6.45, 7) is 4.98. The number of carbonyl (C=O) groups is 2. The van der Waals surface area contributed by atoms with E-state index in [0.717, 1.165) is 31.9 Å². The highest BCUT2D eigenvalue weighted by molar-refractivity contribution is 6.41. The lowest BCUT2D eigenvalue weighted by Gasteiger charge is -2.30. The van der Waals surface area contributed by atoms with Crippen molar-refractivity contribution in [3.05, 3.63) is 46.7 Å². The molecule has 2 aromatic carbocycles. The number of nitrogens with zero attached hydrogens (tertiary/aromatic N) is 4. The van der Waals surface area contributed by atoms with E-state index in [9.17, 15) is 9.59 Å². The van der Waals surface area contributed by atoms with Crippen LogP contribution in [0.25, 0.3) is 0 Å². The Morgan fingerprint density at radius 1 is 0.975 bits per heavy atom. The zero-order chi connectivity index (χ0) is 28.8. The number of halogens is 2. The third-order valence-corrected chi connectivity index (χ3v) is 6.92. The first-order chi connectivity index (χ1) is 19.2. The van der Waals surface area contributed by atoms with Crippen molar-refractivity contribution in [1.82, 2.24) is 15.3 Å². The average molecular weight is 589 g/mol. The molecule has 1 aromatic heterocycles. The number of ether oxygens (including phenoxy) is 2. The van der Waals surface area contributed by atoms with Crippen molar-refractivity contribution in [3.63, 3.8) is 0 Å². The molecule has 2 heterocycles. The van der Waals surface area contributed by atoms with Gasteiger partial charge in [0, 0.05) is 58.0 Å². The Morgan fingerprint density at radius 2 is 1.65 bits per heavy atom. The van der Waals surface area contributed by atoms with Gasteiger partial charge in [-0.2, -0.15) is 0 Å². The minimum Gasteiger partial charge on any atom is -0.495 e. The number of anilines is 6. The number of piperazine rings is 1. The van der Waals surface area contributed by atoms with E-state index in [4.69, 9.17) is 32.7 Å². The van der Waals surface area contributed by atoms with Crippen molar-refractivity contribution in [2.75, 3.05) is 73.2 Å². The molecule has 0 saturated carbocycles. The number of hydrogen-bond acceptors (Lipinski definition) is 9. The van der Waals surface area contributed by atoms with Crippen molar-refractivity contribution in [2.45, 2.75) is 6.92 Å². The number of urea groups is 1. The molecule has 4 N–H and O–H groups in total. The minimum atomic E-state index is -0.567. The van der Waals surface area contributed by atoms with Gasteiger partial charge in [0.15, 0.2) is 0 Å². The van der Waals surface area contributed by atoms with E-state index in [-0.39, 0.29) is 39.0 Å². The lowest BCUT2D eigenvalue weighted by Crippen LogP contribution is -2.43. The van der Waals surface area contributed by atoms with Gasteiger partial charge in [0.25, 0.3) is 0 Å². The molecule has 0 spiro atoms. The Balaban J connectivity index is 1.55. The molecular weight excluding hydrogens is 559 g/mol. The zero-order valence-corrected chi connectivity index (χ0v) is 24.0. The third kappa shape index (κ3) is 6.58. The number of benzene rings is 2. The van der Waals surface area contributed by atoms with Gasteiger partial charge in [0.1, 0.15) is 39.5 Å². The fourth-order valence-corrected chi connectivity index (χ4v) is 4.68. The quantitative estimate of drug-likeness (QED) is 0.298. The standard InChI is InChI=1S/C26H30Cl2N8O4/c1-15(37)32-18-11-16(36-9-7-29-8-10-36)5-6-17(18)33-21-13-22(31-14-30-21)35(2)26(38)34-25-23(27)19(39-3)12-20(40-4)24(25)28/h5-6,11-14,29H,7-10H2,1-4H3,(H,32,37)(H,34,38)(H,30,31,33). The van der Waals surface area contributed by atoms with Crippen LogP contribution in [0.3, 0.4) is 0 Å². The number of methoxy groups -OCH3 is 2. The van der Waals surface area contributed by atoms with Crippen molar-refractivity contribution >= 4 is 69.5 Å².